The Morgan fingerprint density at radius 3 is 2.89 bits per heavy atom. The number of anilines is 1. The first-order chi connectivity index (χ1) is 8.74. The quantitative estimate of drug-likeness (QED) is 0.883. The van der Waals surface area contributed by atoms with E-state index in [2.05, 4.69) is 21.6 Å². The van der Waals surface area contributed by atoms with E-state index in [1.807, 2.05) is 0 Å². The Kier molecular flexibility index (Phi) is 3.44. The summed E-state index contributed by atoms with van der Waals surface area (Å²) in [6.45, 7) is 2.07. The van der Waals surface area contributed by atoms with Crippen LogP contribution >= 0.6 is 0 Å². The highest BCUT2D eigenvalue weighted by atomic mass is 16.5. The molecule has 1 N–H and O–H groups in total. The summed E-state index contributed by atoms with van der Waals surface area (Å²) in [6.07, 6.45) is 0. The molecule has 2 aromatic rings. The van der Waals surface area contributed by atoms with E-state index in [0.717, 1.165) is 0 Å². The number of hydrogen-bond acceptors (Lipinski definition) is 6. The molecular weight excluding hydrogens is 232 g/mol. The fourth-order valence-corrected chi connectivity index (χ4v) is 1.55. The lowest BCUT2D eigenvalue weighted by Crippen LogP contribution is -2.03. The molecule has 18 heavy (non-hydrogen) atoms. The van der Waals surface area contributed by atoms with Gasteiger partial charge >= 0.3 is 0 Å². The third-order valence-electron chi connectivity index (χ3n) is 2.35. The number of hydrogen-bond donors (Lipinski definition) is 1. The molecule has 0 saturated heterocycles. The zero-order valence-corrected chi connectivity index (χ0v) is 10.1. The maximum Gasteiger partial charge on any atom is 0.235 e. The number of benzene rings is 1. The molecule has 2 rings (SSSR count). The van der Waals surface area contributed by atoms with Gasteiger partial charge in [-0.3, -0.25) is 0 Å². The van der Waals surface area contributed by atoms with Gasteiger partial charge in [0, 0.05) is 6.92 Å². The predicted molar refractivity (Wildman–Crippen MR) is 64.1 cm³/mol. The molecule has 0 unspecified atom stereocenters. The largest absolute Gasteiger partial charge is 0.495 e. The summed E-state index contributed by atoms with van der Waals surface area (Å²) in [5.41, 5.74) is 1.13. The summed E-state index contributed by atoms with van der Waals surface area (Å²) in [7, 11) is 1.55. The van der Waals surface area contributed by atoms with Gasteiger partial charge in [-0.2, -0.15) is 5.26 Å². The number of nitrogens with zero attached hydrogens (tertiary/aromatic N) is 3. The summed E-state index contributed by atoms with van der Waals surface area (Å²) in [5, 5.41) is 19.7. The predicted octanol–water partition coefficient (Wildman–Crippen LogP) is 1.87. The van der Waals surface area contributed by atoms with Gasteiger partial charge in [-0.1, -0.05) is 6.07 Å². The van der Waals surface area contributed by atoms with E-state index < -0.39 is 0 Å². The third kappa shape index (κ3) is 2.40. The lowest BCUT2D eigenvalue weighted by atomic mass is 10.2. The van der Waals surface area contributed by atoms with E-state index in [1.54, 1.807) is 32.2 Å². The van der Waals surface area contributed by atoms with Crippen LogP contribution in [0.4, 0.5) is 5.69 Å². The van der Waals surface area contributed by atoms with E-state index in [0.29, 0.717) is 35.3 Å². The van der Waals surface area contributed by atoms with Crippen molar-refractivity contribution >= 4 is 5.69 Å². The summed E-state index contributed by atoms with van der Waals surface area (Å²) < 4.78 is 10.4. The Bertz CT molecular complexity index is 586. The average Bonchev–Trinajstić information content (AvgIpc) is 2.81. The maximum absolute atomic E-state index is 9.04. The zero-order chi connectivity index (χ0) is 13.0. The van der Waals surface area contributed by atoms with Crippen LogP contribution in [0.2, 0.25) is 0 Å². The van der Waals surface area contributed by atoms with E-state index in [1.165, 1.54) is 0 Å². The van der Waals surface area contributed by atoms with Crippen LogP contribution in [0.25, 0.3) is 0 Å². The van der Waals surface area contributed by atoms with Crippen LogP contribution in [0.15, 0.2) is 22.6 Å². The molecule has 0 fully saturated rings. The van der Waals surface area contributed by atoms with Crippen molar-refractivity contribution < 1.29 is 9.15 Å². The Morgan fingerprint density at radius 1 is 1.44 bits per heavy atom. The minimum atomic E-state index is 0.343. The normalized spacial score (nSPS) is 9.83. The summed E-state index contributed by atoms with van der Waals surface area (Å²) in [5.74, 6) is 1.57. The van der Waals surface area contributed by atoms with Crippen LogP contribution in [0.1, 0.15) is 17.3 Å². The van der Waals surface area contributed by atoms with Gasteiger partial charge in [0.25, 0.3) is 0 Å². The first-order valence-electron chi connectivity index (χ1n) is 5.34. The first kappa shape index (κ1) is 11.9. The second-order valence-electron chi connectivity index (χ2n) is 3.56. The van der Waals surface area contributed by atoms with Gasteiger partial charge in [-0.25, -0.2) is 0 Å². The molecule has 1 aromatic carbocycles. The van der Waals surface area contributed by atoms with Crippen molar-refractivity contribution in [2.45, 2.75) is 13.5 Å². The molecule has 0 radical (unpaired) electrons. The van der Waals surface area contributed by atoms with Crippen LogP contribution in [0.3, 0.4) is 0 Å². The summed E-state index contributed by atoms with van der Waals surface area (Å²) >= 11 is 0. The monoisotopic (exact) mass is 244 g/mol. The van der Waals surface area contributed by atoms with E-state index in [4.69, 9.17) is 14.4 Å². The lowest BCUT2D eigenvalue weighted by Gasteiger charge is -2.10. The molecule has 6 heteroatoms. The molecule has 92 valence electrons. The molecule has 6 nitrogen and oxygen atoms in total. The summed E-state index contributed by atoms with van der Waals surface area (Å²) in [4.78, 5) is 0. The van der Waals surface area contributed by atoms with Crippen molar-refractivity contribution in [3.05, 3.63) is 35.5 Å². The number of para-hydroxylation sites is 1. The second kappa shape index (κ2) is 5.19. The second-order valence-corrected chi connectivity index (χ2v) is 3.56. The number of ether oxygens (including phenoxy) is 1. The minimum absolute atomic E-state index is 0.343. The highest BCUT2D eigenvalue weighted by molar-refractivity contribution is 5.66. The molecule has 0 spiro atoms. The zero-order valence-electron chi connectivity index (χ0n) is 10.1. The molecule has 1 aromatic heterocycles. The average molecular weight is 244 g/mol. The number of nitrogens with one attached hydrogen (secondary N) is 1. The molecule has 0 atom stereocenters. The molecule has 0 aliphatic rings. The highest BCUT2D eigenvalue weighted by Crippen LogP contribution is 2.28. The van der Waals surface area contributed by atoms with Gasteiger partial charge in [-0.15, -0.1) is 10.2 Å². The number of aromatic nitrogens is 2. The minimum Gasteiger partial charge on any atom is -0.495 e. The van der Waals surface area contributed by atoms with Crippen molar-refractivity contribution in [1.29, 1.82) is 5.26 Å². The van der Waals surface area contributed by atoms with E-state index >= 15 is 0 Å². The van der Waals surface area contributed by atoms with Crippen molar-refractivity contribution in [3.63, 3.8) is 0 Å². The topological polar surface area (TPSA) is 84.0 Å². The fraction of sp³-hybridized carbons (Fsp3) is 0.250. The molecule has 0 amide bonds. The molecular formula is C12H12N4O2. The smallest absolute Gasteiger partial charge is 0.235 e. The van der Waals surface area contributed by atoms with Gasteiger partial charge < -0.3 is 14.5 Å². The van der Waals surface area contributed by atoms with Crippen LogP contribution < -0.4 is 10.1 Å². The van der Waals surface area contributed by atoms with Gasteiger partial charge in [-0.05, 0) is 12.1 Å². The van der Waals surface area contributed by atoms with Crippen LogP contribution in [-0.2, 0) is 6.54 Å². The van der Waals surface area contributed by atoms with Gasteiger partial charge in [0.15, 0.2) is 0 Å². The molecule has 0 saturated carbocycles. The molecule has 1 heterocycles. The summed E-state index contributed by atoms with van der Waals surface area (Å²) in [6, 6.07) is 7.36. The van der Waals surface area contributed by atoms with Gasteiger partial charge in [0.05, 0.1) is 24.9 Å². The standard InChI is InChI=1S/C12H12N4O2/c1-8-15-16-11(18-8)7-14-12-9(6-13)4-3-5-10(12)17-2/h3-5,14H,7H2,1-2H3. The van der Waals surface area contributed by atoms with Gasteiger partial charge in [0.1, 0.15) is 11.8 Å². The van der Waals surface area contributed by atoms with E-state index in [9.17, 15) is 0 Å². The van der Waals surface area contributed by atoms with Crippen LogP contribution in [-0.4, -0.2) is 17.3 Å². The molecule has 0 aliphatic carbocycles. The maximum atomic E-state index is 9.04. The molecule has 0 aliphatic heterocycles. The van der Waals surface area contributed by atoms with E-state index in [-0.39, 0.29) is 0 Å². The first-order valence-corrected chi connectivity index (χ1v) is 5.34. The van der Waals surface area contributed by atoms with Crippen LogP contribution in [0, 0.1) is 18.3 Å². The Morgan fingerprint density at radius 2 is 2.28 bits per heavy atom. The third-order valence-corrected chi connectivity index (χ3v) is 2.35. The molecule has 0 bridgehead atoms. The number of nitriles is 1. The fourth-order valence-electron chi connectivity index (χ4n) is 1.55. The Labute approximate surface area is 104 Å². The van der Waals surface area contributed by atoms with Crippen molar-refractivity contribution in [2.24, 2.45) is 0 Å². The number of methoxy groups -OCH3 is 1. The Balaban J connectivity index is 2.20. The highest BCUT2D eigenvalue weighted by Gasteiger charge is 2.10. The number of aryl methyl sites for hydroxylation is 1. The Hall–Kier alpha value is -2.55. The van der Waals surface area contributed by atoms with Crippen LogP contribution in [0.5, 0.6) is 5.75 Å². The van der Waals surface area contributed by atoms with Crippen molar-refractivity contribution in [2.75, 3.05) is 12.4 Å². The SMILES string of the molecule is COc1cccc(C#N)c1NCc1nnc(C)o1. The van der Waals surface area contributed by atoms with Crippen molar-refractivity contribution in [3.8, 4) is 11.8 Å². The number of rotatable bonds is 4. The van der Waals surface area contributed by atoms with Crippen molar-refractivity contribution in [1.82, 2.24) is 10.2 Å². The van der Waals surface area contributed by atoms with Gasteiger partial charge in [0.2, 0.25) is 11.8 Å². The lowest BCUT2D eigenvalue weighted by molar-refractivity contribution is 0.416.